The molecule has 0 radical (unpaired) electrons. The molecule has 8 heteroatoms. The van der Waals surface area contributed by atoms with Gasteiger partial charge in [-0.1, -0.05) is 18.2 Å². The predicted molar refractivity (Wildman–Crippen MR) is 101 cm³/mol. The Labute approximate surface area is 155 Å². The van der Waals surface area contributed by atoms with Gasteiger partial charge in [-0.2, -0.15) is 0 Å². The molecule has 8 nitrogen and oxygen atoms in total. The molecule has 0 bridgehead atoms. The fourth-order valence-corrected chi connectivity index (χ4v) is 3.13. The molecule has 1 aromatic carbocycles. The number of aryl methyl sites for hydroxylation is 1. The second-order valence-electron chi connectivity index (χ2n) is 6.21. The Kier molecular flexibility index (Phi) is 4.98. The third kappa shape index (κ3) is 2.97. The summed E-state index contributed by atoms with van der Waals surface area (Å²) in [6.45, 7) is 7.41. The van der Waals surface area contributed by atoms with E-state index in [1.54, 1.807) is 26.8 Å². The molecule has 0 aliphatic rings. The van der Waals surface area contributed by atoms with Gasteiger partial charge in [-0.3, -0.25) is 9.36 Å². The van der Waals surface area contributed by atoms with Crippen LogP contribution in [0.25, 0.3) is 16.9 Å². The fraction of sp³-hybridized carbons (Fsp3) is 0.368. The number of ether oxygens (including phenoxy) is 1. The molecule has 2 aromatic heterocycles. The van der Waals surface area contributed by atoms with Crippen molar-refractivity contribution in [3.63, 3.8) is 0 Å². The van der Waals surface area contributed by atoms with Gasteiger partial charge in [0.05, 0.1) is 18.6 Å². The van der Waals surface area contributed by atoms with Gasteiger partial charge >= 0.3 is 11.7 Å². The molecule has 1 atom stereocenters. The largest absolute Gasteiger partial charge is 0.464 e. The first-order chi connectivity index (χ1) is 12.9. The number of fused-ring (bicyclic) bond motifs is 1. The van der Waals surface area contributed by atoms with Crippen LogP contribution >= 0.6 is 0 Å². The summed E-state index contributed by atoms with van der Waals surface area (Å²) >= 11 is 0. The number of imidazole rings is 1. The van der Waals surface area contributed by atoms with Crippen LogP contribution in [0.4, 0.5) is 0 Å². The highest BCUT2D eigenvalue weighted by molar-refractivity contribution is 5.79. The molecular weight excluding hydrogens is 348 g/mol. The van der Waals surface area contributed by atoms with Crippen molar-refractivity contribution in [3.05, 3.63) is 57.0 Å². The zero-order valence-corrected chi connectivity index (χ0v) is 15.8. The molecule has 142 valence electrons. The molecule has 0 N–H and O–H groups in total. The van der Waals surface area contributed by atoms with Crippen LogP contribution in [-0.2, 0) is 16.1 Å². The highest BCUT2D eigenvalue weighted by Gasteiger charge is 2.24. The van der Waals surface area contributed by atoms with Crippen molar-refractivity contribution in [1.82, 2.24) is 18.7 Å². The van der Waals surface area contributed by atoms with E-state index >= 15 is 0 Å². The van der Waals surface area contributed by atoms with Crippen LogP contribution in [0.5, 0.6) is 0 Å². The quantitative estimate of drug-likeness (QED) is 0.639. The number of hydrogen-bond acceptors (Lipinski definition) is 5. The minimum Gasteiger partial charge on any atom is -0.464 e. The van der Waals surface area contributed by atoms with Crippen LogP contribution < -0.4 is 11.2 Å². The summed E-state index contributed by atoms with van der Waals surface area (Å²) in [4.78, 5) is 42.4. The van der Waals surface area contributed by atoms with Gasteiger partial charge in [-0.05, 0) is 39.3 Å². The summed E-state index contributed by atoms with van der Waals surface area (Å²) < 4.78 is 9.10. The number of hydrogen-bond donors (Lipinski definition) is 0. The lowest BCUT2D eigenvalue weighted by molar-refractivity contribution is -0.146. The average Bonchev–Trinajstić information content (AvgIpc) is 3.08. The zero-order chi connectivity index (χ0) is 19.7. The van der Waals surface area contributed by atoms with E-state index in [2.05, 4.69) is 4.98 Å². The number of nitrogens with zero attached hydrogens (tertiary/aromatic N) is 4. The van der Waals surface area contributed by atoms with Crippen molar-refractivity contribution in [3.8, 4) is 5.69 Å². The summed E-state index contributed by atoms with van der Waals surface area (Å²) in [6.07, 6.45) is 1.40. The number of aromatic nitrogens is 4. The Bertz CT molecular complexity index is 1120. The minimum atomic E-state index is -0.740. The molecule has 0 saturated heterocycles. The van der Waals surface area contributed by atoms with Gasteiger partial charge in [0.15, 0.2) is 11.2 Å². The van der Waals surface area contributed by atoms with Gasteiger partial charge in [0, 0.05) is 6.54 Å². The lowest BCUT2D eigenvalue weighted by Gasteiger charge is -2.15. The highest BCUT2D eigenvalue weighted by atomic mass is 16.5. The molecule has 1 unspecified atom stereocenters. The van der Waals surface area contributed by atoms with E-state index in [-0.39, 0.29) is 24.3 Å². The fourth-order valence-electron chi connectivity index (χ4n) is 3.13. The summed E-state index contributed by atoms with van der Waals surface area (Å²) in [6, 6.07) is 6.64. The SMILES string of the molecule is CCOC(=O)C(C)n1cnc2c1c(=O)n(CC)c(=O)n2-c1ccccc1C. The first-order valence-corrected chi connectivity index (χ1v) is 8.87. The number of carbonyl (C=O) groups is 1. The number of esters is 1. The third-order valence-corrected chi connectivity index (χ3v) is 4.57. The first-order valence-electron chi connectivity index (χ1n) is 8.87. The standard InChI is InChI=1S/C19H22N4O4/c1-5-21-17(24)15-16(20-11-22(15)13(4)18(25)27-6-2)23(19(21)26)14-10-8-7-9-12(14)3/h7-11,13H,5-6H2,1-4H3. The van der Waals surface area contributed by atoms with Gasteiger partial charge in [0.2, 0.25) is 0 Å². The minimum absolute atomic E-state index is 0.195. The Morgan fingerprint density at radius 1 is 1.22 bits per heavy atom. The molecular formula is C19H22N4O4. The third-order valence-electron chi connectivity index (χ3n) is 4.57. The van der Waals surface area contributed by atoms with Gasteiger partial charge in [-0.25, -0.2) is 19.1 Å². The lowest BCUT2D eigenvalue weighted by Crippen LogP contribution is -2.40. The van der Waals surface area contributed by atoms with E-state index < -0.39 is 23.3 Å². The Hall–Kier alpha value is -3.16. The molecule has 0 aliphatic heterocycles. The summed E-state index contributed by atoms with van der Waals surface area (Å²) in [5.41, 5.74) is 0.994. The van der Waals surface area contributed by atoms with Crippen LogP contribution in [0.2, 0.25) is 0 Å². The van der Waals surface area contributed by atoms with Crippen LogP contribution in [0.15, 0.2) is 40.2 Å². The van der Waals surface area contributed by atoms with Crippen molar-refractivity contribution in [2.24, 2.45) is 0 Å². The Balaban J connectivity index is 2.39. The van der Waals surface area contributed by atoms with Crippen molar-refractivity contribution >= 4 is 17.1 Å². The van der Waals surface area contributed by atoms with E-state index in [0.717, 1.165) is 10.1 Å². The number of rotatable bonds is 5. The van der Waals surface area contributed by atoms with Crippen LogP contribution in [0.1, 0.15) is 32.4 Å². The van der Waals surface area contributed by atoms with Gasteiger partial charge in [-0.15, -0.1) is 0 Å². The van der Waals surface area contributed by atoms with Gasteiger partial charge in [0.25, 0.3) is 5.56 Å². The van der Waals surface area contributed by atoms with E-state index in [1.165, 1.54) is 15.5 Å². The number of carbonyl (C=O) groups excluding carboxylic acids is 1. The number of benzene rings is 1. The van der Waals surface area contributed by atoms with Crippen molar-refractivity contribution in [1.29, 1.82) is 0 Å². The average molecular weight is 370 g/mol. The maximum atomic E-state index is 13.0. The van der Waals surface area contributed by atoms with Crippen LogP contribution in [-0.4, -0.2) is 31.3 Å². The molecule has 2 heterocycles. The van der Waals surface area contributed by atoms with Crippen LogP contribution in [0.3, 0.4) is 0 Å². The Morgan fingerprint density at radius 3 is 2.56 bits per heavy atom. The molecule has 27 heavy (non-hydrogen) atoms. The molecule has 0 aliphatic carbocycles. The highest BCUT2D eigenvalue weighted by Crippen LogP contribution is 2.19. The zero-order valence-electron chi connectivity index (χ0n) is 15.8. The van der Waals surface area contributed by atoms with Crippen molar-refractivity contribution in [2.45, 2.75) is 40.3 Å². The van der Waals surface area contributed by atoms with E-state index in [0.29, 0.717) is 5.69 Å². The van der Waals surface area contributed by atoms with Gasteiger partial charge < -0.3 is 9.30 Å². The Morgan fingerprint density at radius 2 is 1.93 bits per heavy atom. The lowest BCUT2D eigenvalue weighted by atomic mass is 10.2. The van der Waals surface area contributed by atoms with Gasteiger partial charge in [0.1, 0.15) is 6.04 Å². The molecule has 0 amide bonds. The maximum absolute atomic E-state index is 13.0. The summed E-state index contributed by atoms with van der Waals surface area (Å²) in [5, 5.41) is 0. The molecule has 3 aromatic rings. The van der Waals surface area contributed by atoms with E-state index in [1.807, 2.05) is 25.1 Å². The summed E-state index contributed by atoms with van der Waals surface area (Å²) in [5.74, 6) is -0.465. The normalized spacial score (nSPS) is 12.3. The molecule has 0 fully saturated rings. The maximum Gasteiger partial charge on any atom is 0.337 e. The molecule has 3 rings (SSSR count). The van der Waals surface area contributed by atoms with Crippen molar-refractivity contribution < 1.29 is 9.53 Å². The molecule has 0 spiro atoms. The monoisotopic (exact) mass is 370 g/mol. The van der Waals surface area contributed by atoms with E-state index in [9.17, 15) is 14.4 Å². The van der Waals surface area contributed by atoms with Crippen LogP contribution in [0, 0.1) is 6.92 Å². The predicted octanol–water partition coefficient (Wildman–Crippen LogP) is 1.80. The smallest absolute Gasteiger partial charge is 0.337 e. The first kappa shape index (κ1) is 18.6. The number of para-hydroxylation sites is 1. The second kappa shape index (κ2) is 7.22. The second-order valence-corrected chi connectivity index (χ2v) is 6.21. The topological polar surface area (TPSA) is 88.1 Å². The molecule has 0 saturated carbocycles. The van der Waals surface area contributed by atoms with Crippen molar-refractivity contribution in [2.75, 3.05) is 6.61 Å². The van der Waals surface area contributed by atoms with E-state index in [4.69, 9.17) is 4.74 Å². The summed E-state index contributed by atoms with van der Waals surface area (Å²) in [7, 11) is 0.